The average molecular weight is 355 g/mol. The first kappa shape index (κ1) is 18.7. The zero-order valence-corrected chi connectivity index (χ0v) is 15.8. The lowest BCUT2D eigenvalue weighted by molar-refractivity contribution is 0.213. The van der Waals surface area contributed by atoms with Gasteiger partial charge in [0.1, 0.15) is 0 Å². The zero-order valence-electron chi connectivity index (χ0n) is 14.2. The van der Waals surface area contributed by atoms with Crippen molar-refractivity contribution in [2.24, 2.45) is 5.92 Å². The highest BCUT2D eigenvalue weighted by Gasteiger charge is 2.11. The molecule has 120 valence electrons. The van der Waals surface area contributed by atoms with Gasteiger partial charge < -0.3 is 5.32 Å². The van der Waals surface area contributed by atoms with Crippen molar-refractivity contribution in [1.82, 2.24) is 10.2 Å². The summed E-state index contributed by atoms with van der Waals surface area (Å²) >= 11 is 3.74. The van der Waals surface area contributed by atoms with Crippen molar-refractivity contribution in [3.8, 4) is 0 Å². The van der Waals surface area contributed by atoms with E-state index in [1.807, 2.05) is 0 Å². The molecule has 1 rings (SSSR count). The third-order valence-electron chi connectivity index (χ3n) is 3.61. The minimum Gasteiger partial charge on any atom is -0.312 e. The van der Waals surface area contributed by atoms with Crippen molar-refractivity contribution < 1.29 is 0 Å². The molecule has 1 N–H and O–H groups in total. The molecule has 0 amide bonds. The van der Waals surface area contributed by atoms with Crippen LogP contribution in [0.3, 0.4) is 0 Å². The molecule has 1 aromatic rings. The van der Waals surface area contributed by atoms with Crippen molar-refractivity contribution in [2.75, 3.05) is 13.1 Å². The van der Waals surface area contributed by atoms with E-state index >= 15 is 0 Å². The maximum Gasteiger partial charge on any atom is 0.0247 e. The molecule has 0 aliphatic heterocycles. The maximum atomic E-state index is 3.74. The van der Waals surface area contributed by atoms with Crippen LogP contribution < -0.4 is 5.32 Å². The Kier molecular flexibility index (Phi) is 8.53. The van der Waals surface area contributed by atoms with Crippen LogP contribution in [0.1, 0.15) is 52.2 Å². The van der Waals surface area contributed by atoms with Gasteiger partial charge in [-0.05, 0) is 56.5 Å². The molecule has 0 heterocycles. The summed E-state index contributed by atoms with van der Waals surface area (Å²) in [5, 5.41) is 3.50. The van der Waals surface area contributed by atoms with Gasteiger partial charge in [-0.2, -0.15) is 0 Å². The Labute approximate surface area is 139 Å². The van der Waals surface area contributed by atoms with Gasteiger partial charge in [0.05, 0.1) is 0 Å². The Hall–Kier alpha value is -0.380. The van der Waals surface area contributed by atoms with Crippen molar-refractivity contribution in [3.63, 3.8) is 0 Å². The van der Waals surface area contributed by atoms with E-state index in [1.54, 1.807) is 0 Å². The van der Waals surface area contributed by atoms with Gasteiger partial charge in [0.25, 0.3) is 0 Å². The highest BCUT2D eigenvalue weighted by atomic mass is 79.9. The number of benzene rings is 1. The number of hydrogen-bond donors (Lipinski definition) is 1. The summed E-state index contributed by atoms with van der Waals surface area (Å²) in [5.74, 6) is 0.696. The molecule has 0 fully saturated rings. The topological polar surface area (TPSA) is 15.3 Å². The summed E-state index contributed by atoms with van der Waals surface area (Å²) in [5.41, 5.74) is 2.72. The molecule has 0 atom stereocenters. The van der Waals surface area contributed by atoms with Crippen molar-refractivity contribution >= 4 is 15.9 Å². The summed E-state index contributed by atoms with van der Waals surface area (Å²) < 4.78 is 1.23. The highest BCUT2D eigenvalue weighted by molar-refractivity contribution is 9.10. The Morgan fingerprint density at radius 1 is 1.19 bits per heavy atom. The number of nitrogens with zero attached hydrogens (tertiary/aromatic N) is 1. The van der Waals surface area contributed by atoms with Gasteiger partial charge in [0.15, 0.2) is 0 Å². The van der Waals surface area contributed by atoms with E-state index < -0.39 is 0 Å². The number of rotatable bonds is 9. The predicted octanol–water partition coefficient (Wildman–Crippen LogP) is 4.82. The first-order valence-corrected chi connectivity index (χ1v) is 8.95. The first-order valence-electron chi connectivity index (χ1n) is 8.16. The molecule has 0 saturated heterocycles. The molecule has 0 aromatic heterocycles. The van der Waals surface area contributed by atoms with Crippen LogP contribution in [0.4, 0.5) is 0 Å². The molecule has 0 aliphatic rings. The van der Waals surface area contributed by atoms with Crippen LogP contribution in [-0.4, -0.2) is 24.0 Å². The smallest absolute Gasteiger partial charge is 0.0247 e. The fourth-order valence-electron chi connectivity index (χ4n) is 2.36. The second-order valence-electron chi connectivity index (χ2n) is 6.51. The quantitative estimate of drug-likeness (QED) is 0.684. The lowest BCUT2D eigenvalue weighted by atomic mass is 10.1. The van der Waals surface area contributed by atoms with E-state index in [1.165, 1.54) is 22.0 Å². The van der Waals surface area contributed by atoms with E-state index in [9.17, 15) is 0 Å². The second-order valence-corrected chi connectivity index (χ2v) is 7.37. The monoisotopic (exact) mass is 354 g/mol. The fraction of sp³-hybridized carbons (Fsp3) is 0.667. The molecular weight excluding hydrogens is 324 g/mol. The van der Waals surface area contributed by atoms with Crippen LogP contribution in [-0.2, 0) is 13.1 Å². The summed E-state index contributed by atoms with van der Waals surface area (Å²) in [4.78, 5) is 2.52. The van der Waals surface area contributed by atoms with E-state index in [0.29, 0.717) is 12.0 Å². The Morgan fingerprint density at radius 2 is 1.90 bits per heavy atom. The molecule has 1 aromatic carbocycles. The second kappa shape index (κ2) is 9.60. The normalized spacial score (nSPS) is 11.9. The summed E-state index contributed by atoms with van der Waals surface area (Å²) in [6.07, 6.45) is 1.20. The lowest BCUT2D eigenvalue weighted by Crippen LogP contribution is -2.31. The first-order chi connectivity index (χ1) is 9.93. The molecule has 21 heavy (non-hydrogen) atoms. The standard InChI is InChI=1S/C18H31BrN2/c1-6-9-21(15(4)5)13-17-8-7-16(10-18(17)19)12-20-11-14(2)3/h7-8,10,14-15,20H,6,9,11-13H2,1-5H3. The van der Waals surface area contributed by atoms with Crippen LogP contribution in [0.5, 0.6) is 0 Å². The number of nitrogens with one attached hydrogen (secondary N) is 1. The Bertz CT molecular complexity index is 416. The maximum absolute atomic E-state index is 3.74. The molecule has 3 heteroatoms. The fourth-order valence-corrected chi connectivity index (χ4v) is 2.91. The van der Waals surface area contributed by atoms with E-state index in [0.717, 1.165) is 26.2 Å². The summed E-state index contributed by atoms with van der Waals surface area (Å²) in [6.45, 7) is 15.4. The van der Waals surface area contributed by atoms with Gasteiger partial charge in [-0.25, -0.2) is 0 Å². The van der Waals surface area contributed by atoms with Gasteiger partial charge >= 0.3 is 0 Å². The SMILES string of the molecule is CCCN(Cc1ccc(CNCC(C)C)cc1Br)C(C)C. The Balaban J connectivity index is 2.64. The van der Waals surface area contributed by atoms with E-state index in [-0.39, 0.29) is 0 Å². The van der Waals surface area contributed by atoms with Gasteiger partial charge in [0.2, 0.25) is 0 Å². The minimum atomic E-state index is 0.587. The minimum absolute atomic E-state index is 0.587. The summed E-state index contributed by atoms with van der Waals surface area (Å²) in [6, 6.07) is 7.36. The van der Waals surface area contributed by atoms with Gasteiger partial charge in [0, 0.05) is 23.6 Å². The molecule has 0 aliphatic carbocycles. The molecule has 0 spiro atoms. The van der Waals surface area contributed by atoms with Crippen LogP contribution in [0.25, 0.3) is 0 Å². The molecule has 0 unspecified atom stereocenters. The van der Waals surface area contributed by atoms with Crippen LogP contribution in [0.2, 0.25) is 0 Å². The van der Waals surface area contributed by atoms with Crippen LogP contribution >= 0.6 is 15.9 Å². The van der Waals surface area contributed by atoms with Gasteiger partial charge in [-0.15, -0.1) is 0 Å². The number of halogens is 1. The van der Waals surface area contributed by atoms with E-state index in [4.69, 9.17) is 0 Å². The van der Waals surface area contributed by atoms with Crippen molar-refractivity contribution in [3.05, 3.63) is 33.8 Å². The van der Waals surface area contributed by atoms with Gasteiger partial charge in [-0.1, -0.05) is 48.8 Å². The predicted molar refractivity (Wildman–Crippen MR) is 96.5 cm³/mol. The van der Waals surface area contributed by atoms with Crippen molar-refractivity contribution in [1.29, 1.82) is 0 Å². The highest BCUT2D eigenvalue weighted by Crippen LogP contribution is 2.21. The third kappa shape index (κ3) is 6.94. The molecule has 2 nitrogen and oxygen atoms in total. The molecule has 0 saturated carbocycles. The Morgan fingerprint density at radius 3 is 2.43 bits per heavy atom. The molecule has 0 bridgehead atoms. The third-order valence-corrected chi connectivity index (χ3v) is 4.35. The van der Waals surface area contributed by atoms with Gasteiger partial charge in [-0.3, -0.25) is 4.90 Å². The largest absolute Gasteiger partial charge is 0.312 e. The lowest BCUT2D eigenvalue weighted by Gasteiger charge is -2.26. The molecule has 0 radical (unpaired) electrons. The average Bonchev–Trinajstić information content (AvgIpc) is 2.40. The van der Waals surface area contributed by atoms with Crippen LogP contribution in [0.15, 0.2) is 22.7 Å². The molecular formula is C18H31BrN2. The van der Waals surface area contributed by atoms with Crippen LogP contribution in [0, 0.1) is 5.92 Å². The van der Waals surface area contributed by atoms with Crippen molar-refractivity contribution in [2.45, 2.75) is 60.2 Å². The van der Waals surface area contributed by atoms with E-state index in [2.05, 4.69) is 79.0 Å². The zero-order chi connectivity index (χ0) is 15.8. The summed E-state index contributed by atoms with van der Waals surface area (Å²) in [7, 11) is 0. The number of hydrogen-bond acceptors (Lipinski definition) is 2.